The van der Waals surface area contributed by atoms with Crippen LogP contribution in [0.15, 0.2) is 24.3 Å². The standard InChI is InChI=1S/C19H30N2O2/c1-13(2)17-6-8-18(9-7-17)23-16(5)20-19(22)21-11-14(3)10-15(4)12-21/h6-9,13-16H,10-12H2,1-5H3,(H,20,22). The van der Waals surface area contributed by atoms with E-state index in [2.05, 4.69) is 45.1 Å². The molecule has 3 atom stereocenters. The number of hydrogen-bond donors (Lipinski definition) is 1. The molecule has 128 valence electrons. The van der Waals surface area contributed by atoms with Crippen molar-refractivity contribution in [2.75, 3.05) is 13.1 Å². The fraction of sp³-hybridized carbons (Fsp3) is 0.632. The molecule has 0 aliphatic carbocycles. The van der Waals surface area contributed by atoms with E-state index in [1.807, 2.05) is 24.0 Å². The van der Waals surface area contributed by atoms with E-state index in [0.29, 0.717) is 17.8 Å². The molecule has 1 aliphatic rings. The second-order valence-corrected chi connectivity index (χ2v) is 7.28. The van der Waals surface area contributed by atoms with Gasteiger partial charge in [0.15, 0.2) is 6.23 Å². The number of benzene rings is 1. The molecule has 2 rings (SSSR count). The highest BCUT2D eigenvalue weighted by molar-refractivity contribution is 5.74. The van der Waals surface area contributed by atoms with Crippen LogP contribution < -0.4 is 10.1 Å². The van der Waals surface area contributed by atoms with Crippen molar-refractivity contribution in [3.63, 3.8) is 0 Å². The molecule has 23 heavy (non-hydrogen) atoms. The van der Waals surface area contributed by atoms with Gasteiger partial charge in [0.25, 0.3) is 0 Å². The first-order valence-corrected chi connectivity index (χ1v) is 8.67. The van der Waals surface area contributed by atoms with E-state index in [1.165, 1.54) is 12.0 Å². The molecule has 2 amide bonds. The zero-order valence-electron chi connectivity index (χ0n) is 15.0. The van der Waals surface area contributed by atoms with Crippen LogP contribution in [0, 0.1) is 11.8 Å². The number of piperidine rings is 1. The number of amides is 2. The number of carbonyl (C=O) groups is 1. The Hall–Kier alpha value is -1.71. The van der Waals surface area contributed by atoms with Gasteiger partial charge in [-0.15, -0.1) is 0 Å². The molecule has 0 bridgehead atoms. The highest BCUT2D eigenvalue weighted by atomic mass is 16.5. The minimum Gasteiger partial charge on any atom is -0.471 e. The van der Waals surface area contributed by atoms with E-state index < -0.39 is 0 Å². The molecule has 0 saturated carbocycles. The lowest BCUT2D eigenvalue weighted by Crippen LogP contribution is -2.50. The SMILES string of the molecule is CC1CC(C)CN(C(=O)NC(C)Oc2ccc(C(C)C)cc2)C1. The summed E-state index contributed by atoms with van der Waals surface area (Å²) in [4.78, 5) is 14.3. The van der Waals surface area contributed by atoms with E-state index in [9.17, 15) is 4.79 Å². The van der Waals surface area contributed by atoms with Gasteiger partial charge in [0.1, 0.15) is 5.75 Å². The van der Waals surface area contributed by atoms with E-state index in [4.69, 9.17) is 4.74 Å². The summed E-state index contributed by atoms with van der Waals surface area (Å²) in [6, 6.07) is 8.03. The first kappa shape index (κ1) is 17.6. The van der Waals surface area contributed by atoms with E-state index in [0.717, 1.165) is 18.8 Å². The highest BCUT2D eigenvalue weighted by Gasteiger charge is 2.26. The summed E-state index contributed by atoms with van der Waals surface area (Å²) in [6.07, 6.45) is 0.845. The van der Waals surface area contributed by atoms with Crippen molar-refractivity contribution in [3.8, 4) is 5.75 Å². The van der Waals surface area contributed by atoms with E-state index in [1.54, 1.807) is 0 Å². The number of rotatable bonds is 4. The normalized spacial score (nSPS) is 22.8. The maximum Gasteiger partial charge on any atom is 0.320 e. The molecule has 1 fully saturated rings. The number of ether oxygens (including phenoxy) is 1. The molecule has 1 aliphatic heterocycles. The topological polar surface area (TPSA) is 41.6 Å². The van der Waals surface area contributed by atoms with Gasteiger partial charge in [0.2, 0.25) is 0 Å². The fourth-order valence-corrected chi connectivity index (χ4v) is 3.26. The molecule has 4 heteroatoms. The predicted octanol–water partition coefficient (Wildman–Crippen LogP) is 4.22. The molecule has 4 nitrogen and oxygen atoms in total. The second kappa shape index (κ2) is 7.71. The van der Waals surface area contributed by atoms with Crippen LogP contribution in [0.5, 0.6) is 5.75 Å². The Kier molecular flexibility index (Phi) is 5.91. The maximum absolute atomic E-state index is 12.4. The number of nitrogens with one attached hydrogen (secondary N) is 1. The van der Waals surface area contributed by atoms with Gasteiger partial charge in [-0.25, -0.2) is 4.79 Å². The van der Waals surface area contributed by atoms with Crippen LogP contribution in [-0.4, -0.2) is 30.2 Å². The summed E-state index contributed by atoms with van der Waals surface area (Å²) in [5, 5.41) is 2.94. The van der Waals surface area contributed by atoms with Gasteiger partial charge in [-0.1, -0.05) is 39.8 Å². The highest BCUT2D eigenvalue weighted by Crippen LogP contribution is 2.21. The summed E-state index contributed by atoms with van der Waals surface area (Å²) in [6.45, 7) is 12.2. The van der Waals surface area contributed by atoms with Gasteiger partial charge in [-0.2, -0.15) is 0 Å². The average molecular weight is 318 g/mol. The third kappa shape index (κ3) is 5.15. The minimum absolute atomic E-state index is 0.0327. The Morgan fingerprint density at radius 2 is 1.70 bits per heavy atom. The minimum atomic E-state index is -0.347. The van der Waals surface area contributed by atoms with E-state index >= 15 is 0 Å². The van der Waals surface area contributed by atoms with Crippen molar-refractivity contribution >= 4 is 6.03 Å². The van der Waals surface area contributed by atoms with Crippen LogP contribution in [0.25, 0.3) is 0 Å². The quantitative estimate of drug-likeness (QED) is 0.844. The van der Waals surface area contributed by atoms with Crippen LogP contribution in [0.3, 0.4) is 0 Å². The van der Waals surface area contributed by atoms with Crippen molar-refractivity contribution in [1.29, 1.82) is 0 Å². The third-order valence-electron chi connectivity index (χ3n) is 4.34. The number of hydrogen-bond acceptors (Lipinski definition) is 2. The van der Waals surface area contributed by atoms with Gasteiger partial charge in [0.05, 0.1) is 0 Å². The lowest BCUT2D eigenvalue weighted by molar-refractivity contribution is 0.123. The summed E-state index contributed by atoms with van der Waals surface area (Å²) in [7, 11) is 0. The maximum atomic E-state index is 12.4. The zero-order valence-corrected chi connectivity index (χ0v) is 15.0. The lowest BCUT2D eigenvalue weighted by Gasteiger charge is -2.35. The number of carbonyl (C=O) groups excluding carboxylic acids is 1. The van der Waals surface area contributed by atoms with Crippen LogP contribution in [-0.2, 0) is 0 Å². The van der Waals surface area contributed by atoms with Gasteiger partial charge < -0.3 is 15.0 Å². The molecule has 0 aromatic heterocycles. The Balaban J connectivity index is 1.86. The third-order valence-corrected chi connectivity index (χ3v) is 4.34. The summed E-state index contributed by atoms with van der Waals surface area (Å²) in [5.74, 6) is 2.40. The van der Waals surface area contributed by atoms with Crippen molar-refractivity contribution in [3.05, 3.63) is 29.8 Å². The molecule has 0 radical (unpaired) electrons. The van der Waals surface area contributed by atoms with E-state index in [-0.39, 0.29) is 12.3 Å². The monoisotopic (exact) mass is 318 g/mol. The summed E-state index contributed by atoms with van der Waals surface area (Å²) in [5.41, 5.74) is 1.28. The smallest absolute Gasteiger partial charge is 0.320 e. The van der Waals surface area contributed by atoms with Crippen molar-refractivity contribution < 1.29 is 9.53 Å². The van der Waals surface area contributed by atoms with Gasteiger partial charge in [-0.05, 0) is 48.8 Å². The van der Waals surface area contributed by atoms with Crippen molar-refractivity contribution in [2.24, 2.45) is 11.8 Å². The van der Waals surface area contributed by atoms with Crippen LogP contribution in [0.1, 0.15) is 52.5 Å². The zero-order chi connectivity index (χ0) is 17.0. The molecule has 0 spiro atoms. The first-order chi connectivity index (χ1) is 10.8. The molecule has 1 N–H and O–H groups in total. The Morgan fingerprint density at radius 1 is 1.13 bits per heavy atom. The van der Waals surface area contributed by atoms with Gasteiger partial charge in [-0.3, -0.25) is 0 Å². The molecule has 1 heterocycles. The fourth-order valence-electron chi connectivity index (χ4n) is 3.26. The molecular weight excluding hydrogens is 288 g/mol. The molecule has 3 unspecified atom stereocenters. The van der Waals surface area contributed by atoms with Crippen molar-refractivity contribution in [2.45, 2.75) is 53.2 Å². The largest absolute Gasteiger partial charge is 0.471 e. The Labute approximate surface area is 140 Å². The Morgan fingerprint density at radius 3 is 2.22 bits per heavy atom. The van der Waals surface area contributed by atoms with Gasteiger partial charge >= 0.3 is 6.03 Å². The number of nitrogens with zero attached hydrogens (tertiary/aromatic N) is 1. The second-order valence-electron chi connectivity index (χ2n) is 7.28. The molecule has 1 aromatic rings. The van der Waals surface area contributed by atoms with Crippen LogP contribution in [0.4, 0.5) is 4.79 Å². The predicted molar refractivity (Wildman–Crippen MR) is 93.7 cm³/mol. The molecule has 1 saturated heterocycles. The number of urea groups is 1. The first-order valence-electron chi connectivity index (χ1n) is 8.67. The lowest BCUT2D eigenvalue weighted by atomic mass is 9.92. The van der Waals surface area contributed by atoms with Crippen LogP contribution in [0.2, 0.25) is 0 Å². The summed E-state index contributed by atoms with van der Waals surface area (Å²) < 4.78 is 5.81. The number of likely N-dealkylation sites (tertiary alicyclic amines) is 1. The summed E-state index contributed by atoms with van der Waals surface area (Å²) >= 11 is 0. The molecule has 1 aromatic carbocycles. The van der Waals surface area contributed by atoms with Crippen LogP contribution >= 0.6 is 0 Å². The van der Waals surface area contributed by atoms with Crippen molar-refractivity contribution in [1.82, 2.24) is 10.2 Å². The average Bonchev–Trinajstić information content (AvgIpc) is 2.46. The molecular formula is C19H30N2O2. The van der Waals surface area contributed by atoms with Gasteiger partial charge in [0, 0.05) is 13.1 Å². The Bertz CT molecular complexity index is 503.